The Morgan fingerprint density at radius 2 is 2.33 bits per heavy atom. The molecule has 0 unspecified atom stereocenters. The van der Waals surface area contributed by atoms with Gasteiger partial charge in [-0.2, -0.15) is 5.10 Å². The van der Waals surface area contributed by atoms with Gasteiger partial charge in [-0.15, -0.1) is 0 Å². The molecule has 0 aliphatic heterocycles. The van der Waals surface area contributed by atoms with E-state index in [2.05, 4.69) is 10.0 Å². The highest BCUT2D eigenvalue weighted by Gasteiger charge is 2.00. The molecule has 0 radical (unpaired) electrons. The van der Waals surface area contributed by atoms with Crippen LogP contribution >= 0.6 is 0 Å². The van der Waals surface area contributed by atoms with Gasteiger partial charge in [0.05, 0.1) is 11.7 Å². The largest absolute Gasteiger partial charge is 0.294 e. The number of halogens is 1. The van der Waals surface area contributed by atoms with Gasteiger partial charge in [-0.3, -0.25) is 9.62 Å². The maximum atomic E-state index is 11.7. The van der Waals surface area contributed by atoms with Crippen molar-refractivity contribution in [2.45, 2.75) is 0 Å². The van der Waals surface area contributed by atoms with E-state index in [9.17, 15) is 4.53 Å². The molecule has 3 nitrogen and oxygen atoms in total. The summed E-state index contributed by atoms with van der Waals surface area (Å²) in [7, 11) is 1.83. The average molecular weight is 166 g/mol. The highest BCUT2D eigenvalue weighted by molar-refractivity contribution is 5.79. The summed E-state index contributed by atoms with van der Waals surface area (Å²) < 4.78 is 13.5. The fourth-order valence-corrected chi connectivity index (χ4v) is 1.19. The number of hydrogen-bond donors (Lipinski definition) is 0. The lowest BCUT2D eigenvalue weighted by Crippen LogP contribution is -1.87. The van der Waals surface area contributed by atoms with Crippen LogP contribution < -0.4 is 4.94 Å². The predicted molar refractivity (Wildman–Crippen MR) is 42.5 cm³/mol. The van der Waals surface area contributed by atoms with Gasteiger partial charge in [-0.25, -0.2) is 0 Å². The third-order valence-corrected chi connectivity index (χ3v) is 1.81. The van der Waals surface area contributed by atoms with Crippen LogP contribution in [-0.4, -0.2) is 9.78 Å². The molecule has 1 aromatic heterocycles. The lowest BCUT2D eigenvalue weighted by Gasteiger charge is -1.94. The molecule has 4 heteroatoms. The molecule has 0 fully saturated rings. The lowest BCUT2D eigenvalue weighted by atomic mass is 10.2. The third-order valence-electron chi connectivity index (χ3n) is 1.81. The summed E-state index contributed by atoms with van der Waals surface area (Å²) >= 11 is 0. The first kappa shape index (κ1) is 7.09. The second-order valence-corrected chi connectivity index (χ2v) is 2.57. The minimum Gasteiger partial charge on any atom is -0.294 e. The topological polar surface area (TPSA) is 27.1 Å². The minimum atomic E-state index is 0.204. The molecule has 2 rings (SSSR count). The molecule has 0 aliphatic carbocycles. The van der Waals surface area contributed by atoms with Crippen LogP contribution in [0.25, 0.3) is 10.9 Å². The lowest BCUT2D eigenvalue weighted by molar-refractivity contribution is -0.00603. The van der Waals surface area contributed by atoms with E-state index in [-0.39, 0.29) is 5.75 Å². The molecule has 0 saturated heterocycles. The van der Waals surface area contributed by atoms with Gasteiger partial charge < -0.3 is 0 Å². The first-order chi connectivity index (χ1) is 5.81. The molecule has 0 spiro atoms. The Kier molecular flexibility index (Phi) is 1.46. The van der Waals surface area contributed by atoms with Crippen LogP contribution in [0.4, 0.5) is 4.53 Å². The van der Waals surface area contributed by atoms with Crippen LogP contribution in [0.2, 0.25) is 0 Å². The van der Waals surface area contributed by atoms with Gasteiger partial charge in [-0.1, -0.05) is 0 Å². The van der Waals surface area contributed by atoms with Crippen molar-refractivity contribution in [3.63, 3.8) is 0 Å². The zero-order chi connectivity index (χ0) is 8.55. The normalized spacial score (nSPS) is 10.5. The Balaban J connectivity index is 2.69. The van der Waals surface area contributed by atoms with Crippen molar-refractivity contribution in [3.05, 3.63) is 24.4 Å². The zero-order valence-corrected chi connectivity index (χ0v) is 6.49. The summed E-state index contributed by atoms with van der Waals surface area (Å²) in [6, 6.07) is 4.92. The molecule has 2 aromatic rings. The molecule has 0 aliphatic rings. The van der Waals surface area contributed by atoms with Crippen molar-refractivity contribution in [3.8, 4) is 5.75 Å². The summed E-state index contributed by atoms with van der Waals surface area (Å²) in [4.78, 5) is 3.59. The number of aryl methyl sites for hydroxylation is 1. The maximum absolute atomic E-state index is 11.7. The van der Waals surface area contributed by atoms with Crippen LogP contribution in [-0.2, 0) is 7.05 Å². The van der Waals surface area contributed by atoms with Crippen LogP contribution in [0.15, 0.2) is 24.4 Å². The molecule has 1 heterocycles. The van der Waals surface area contributed by atoms with Crippen LogP contribution in [0, 0.1) is 0 Å². The Bertz CT molecular complexity index is 410. The van der Waals surface area contributed by atoms with E-state index in [0.29, 0.717) is 0 Å². The van der Waals surface area contributed by atoms with Crippen molar-refractivity contribution in [2.75, 3.05) is 0 Å². The van der Waals surface area contributed by atoms with Crippen LogP contribution in [0.1, 0.15) is 0 Å². The highest BCUT2D eigenvalue weighted by atomic mass is 19.3. The fraction of sp³-hybridized carbons (Fsp3) is 0.125. The molecule has 1 aromatic carbocycles. The molecule has 0 N–H and O–H groups in total. The summed E-state index contributed by atoms with van der Waals surface area (Å²) in [5, 5.41) is 4.88. The number of rotatable bonds is 1. The van der Waals surface area contributed by atoms with E-state index in [0.717, 1.165) is 10.9 Å². The highest BCUT2D eigenvalue weighted by Crippen LogP contribution is 2.19. The second-order valence-electron chi connectivity index (χ2n) is 2.57. The van der Waals surface area contributed by atoms with E-state index in [1.807, 2.05) is 7.05 Å². The molecule has 0 atom stereocenters. The smallest absolute Gasteiger partial charge is 0.172 e. The van der Waals surface area contributed by atoms with E-state index in [4.69, 9.17) is 0 Å². The molecule has 12 heavy (non-hydrogen) atoms. The average Bonchev–Trinajstić information content (AvgIpc) is 2.47. The van der Waals surface area contributed by atoms with E-state index >= 15 is 0 Å². The summed E-state index contributed by atoms with van der Waals surface area (Å²) in [5.41, 5.74) is 0.954. The summed E-state index contributed by atoms with van der Waals surface area (Å²) in [5.74, 6) is 0.204. The number of hydrogen-bond acceptors (Lipinski definition) is 2. The Morgan fingerprint density at radius 1 is 1.50 bits per heavy atom. The van der Waals surface area contributed by atoms with E-state index < -0.39 is 0 Å². The second kappa shape index (κ2) is 2.48. The molecule has 62 valence electrons. The van der Waals surface area contributed by atoms with Crippen LogP contribution in [0.5, 0.6) is 5.75 Å². The van der Waals surface area contributed by atoms with Gasteiger partial charge in [0.15, 0.2) is 5.75 Å². The van der Waals surface area contributed by atoms with Gasteiger partial charge in [-0.05, 0) is 18.2 Å². The standard InChI is InChI=1S/C8H7FN2O/c1-11-8-3-2-7(12-9)4-6(8)5-10-11/h2-5H,1H3. The van der Waals surface area contributed by atoms with E-state index in [1.54, 1.807) is 29.1 Å². The van der Waals surface area contributed by atoms with Gasteiger partial charge in [0.1, 0.15) is 0 Å². The first-order valence-electron chi connectivity index (χ1n) is 3.51. The number of aromatic nitrogens is 2. The van der Waals surface area contributed by atoms with Gasteiger partial charge in [0.2, 0.25) is 0 Å². The number of benzene rings is 1. The monoisotopic (exact) mass is 166 g/mol. The van der Waals surface area contributed by atoms with Crippen LogP contribution in [0.3, 0.4) is 0 Å². The third kappa shape index (κ3) is 0.922. The van der Waals surface area contributed by atoms with Gasteiger partial charge in [0.25, 0.3) is 0 Å². The maximum Gasteiger partial charge on any atom is 0.172 e. The Morgan fingerprint density at radius 3 is 3.08 bits per heavy atom. The van der Waals surface area contributed by atoms with Crippen molar-refractivity contribution >= 4 is 10.9 Å². The first-order valence-corrected chi connectivity index (χ1v) is 3.51. The number of fused-ring (bicyclic) bond motifs is 1. The van der Waals surface area contributed by atoms with Crippen molar-refractivity contribution in [2.24, 2.45) is 7.05 Å². The molecule has 0 amide bonds. The number of nitrogens with zero attached hydrogens (tertiary/aromatic N) is 2. The predicted octanol–water partition coefficient (Wildman–Crippen LogP) is 1.84. The van der Waals surface area contributed by atoms with Crippen molar-refractivity contribution < 1.29 is 9.47 Å². The molecular weight excluding hydrogens is 159 g/mol. The van der Waals surface area contributed by atoms with Gasteiger partial charge in [0, 0.05) is 17.0 Å². The summed E-state index contributed by atoms with van der Waals surface area (Å²) in [6.07, 6.45) is 1.66. The fourth-order valence-electron chi connectivity index (χ4n) is 1.19. The van der Waals surface area contributed by atoms with Gasteiger partial charge >= 0.3 is 0 Å². The Labute approximate surface area is 68.3 Å². The minimum absolute atomic E-state index is 0.204. The molecule has 0 saturated carbocycles. The molecular formula is C8H7FN2O. The SMILES string of the molecule is Cn1ncc2cc(OF)ccc21. The van der Waals surface area contributed by atoms with Crippen molar-refractivity contribution in [1.29, 1.82) is 0 Å². The zero-order valence-electron chi connectivity index (χ0n) is 6.49. The Hall–Kier alpha value is -1.58. The van der Waals surface area contributed by atoms with Crippen molar-refractivity contribution in [1.82, 2.24) is 9.78 Å². The summed E-state index contributed by atoms with van der Waals surface area (Å²) in [6.45, 7) is 0. The molecule has 0 bridgehead atoms. The van der Waals surface area contributed by atoms with E-state index in [1.165, 1.54) is 0 Å². The quantitative estimate of drug-likeness (QED) is 0.646.